The molecule has 0 fully saturated rings. The zero-order valence-corrected chi connectivity index (χ0v) is 11.7. The lowest BCUT2D eigenvalue weighted by Gasteiger charge is -2.15. The number of carbonyl (C=O) groups excluding carboxylic acids is 3. The van der Waals surface area contributed by atoms with Crippen LogP contribution in [0, 0.1) is 0 Å². The van der Waals surface area contributed by atoms with Crippen molar-refractivity contribution in [1.82, 2.24) is 5.32 Å². The van der Waals surface area contributed by atoms with Crippen molar-refractivity contribution in [3.63, 3.8) is 0 Å². The number of Topliss-reactive ketones (excluding diaryl/α,β-unsaturated/α-hetero) is 1. The Morgan fingerprint density at radius 2 is 1.91 bits per heavy atom. The largest absolute Gasteiger partial charge is 0.416 e. The first-order valence-electron chi connectivity index (χ1n) is 6.38. The van der Waals surface area contributed by atoms with Crippen LogP contribution in [0.1, 0.15) is 35.7 Å². The van der Waals surface area contributed by atoms with E-state index in [-0.39, 0.29) is 24.2 Å². The van der Waals surface area contributed by atoms with Gasteiger partial charge in [0.05, 0.1) is 5.56 Å². The number of benzene rings is 1. The molecule has 3 N–H and O–H groups in total. The minimum atomic E-state index is -4.58. The van der Waals surface area contributed by atoms with Gasteiger partial charge < -0.3 is 15.8 Å². The third kappa shape index (κ3) is 5.19. The SMILES string of the molecule is CC(=O)CC[C@@H](NC(=O)c1cccc(C(F)(F)F)c1)C(N)=O. The Bertz CT molecular complexity index is 585. The third-order valence-electron chi connectivity index (χ3n) is 2.89. The van der Waals surface area contributed by atoms with Crippen LogP contribution in [0.2, 0.25) is 0 Å². The molecule has 0 aliphatic heterocycles. The molecule has 0 saturated heterocycles. The van der Waals surface area contributed by atoms with E-state index in [4.69, 9.17) is 5.73 Å². The molecule has 0 aliphatic rings. The first kappa shape index (κ1) is 17.7. The summed E-state index contributed by atoms with van der Waals surface area (Å²) < 4.78 is 37.8. The number of carbonyl (C=O) groups is 3. The van der Waals surface area contributed by atoms with E-state index in [0.717, 1.165) is 12.1 Å². The fourth-order valence-corrected chi connectivity index (χ4v) is 1.71. The van der Waals surface area contributed by atoms with Crippen molar-refractivity contribution < 1.29 is 27.6 Å². The maximum absolute atomic E-state index is 12.6. The second kappa shape index (κ2) is 7.06. The van der Waals surface area contributed by atoms with E-state index in [1.807, 2.05) is 0 Å². The van der Waals surface area contributed by atoms with E-state index in [1.54, 1.807) is 0 Å². The number of alkyl halides is 3. The van der Waals surface area contributed by atoms with Gasteiger partial charge in [-0.15, -0.1) is 0 Å². The van der Waals surface area contributed by atoms with Gasteiger partial charge in [-0.3, -0.25) is 9.59 Å². The van der Waals surface area contributed by atoms with Gasteiger partial charge >= 0.3 is 6.18 Å². The van der Waals surface area contributed by atoms with Gasteiger partial charge in [-0.1, -0.05) is 6.07 Å². The molecule has 1 aromatic rings. The molecule has 0 radical (unpaired) electrons. The Balaban J connectivity index is 2.86. The van der Waals surface area contributed by atoms with Crippen molar-refractivity contribution in [2.45, 2.75) is 32.0 Å². The minimum Gasteiger partial charge on any atom is -0.368 e. The van der Waals surface area contributed by atoms with Crippen LogP contribution in [0.3, 0.4) is 0 Å². The molecule has 2 amide bonds. The van der Waals surface area contributed by atoms with Crippen molar-refractivity contribution >= 4 is 17.6 Å². The lowest BCUT2D eigenvalue weighted by Crippen LogP contribution is -2.44. The lowest BCUT2D eigenvalue weighted by molar-refractivity contribution is -0.137. The Hall–Kier alpha value is -2.38. The zero-order chi connectivity index (χ0) is 16.9. The van der Waals surface area contributed by atoms with Gasteiger partial charge in [0.1, 0.15) is 11.8 Å². The summed E-state index contributed by atoms with van der Waals surface area (Å²) in [4.78, 5) is 34.0. The molecule has 0 aromatic heterocycles. The summed E-state index contributed by atoms with van der Waals surface area (Å²) >= 11 is 0. The summed E-state index contributed by atoms with van der Waals surface area (Å²) in [6, 6.07) is 2.67. The smallest absolute Gasteiger partial charge is 0.368 e. The van der Waals surface area contributed by atoms with E-state index >= 15 is 0 Å². The van der Waals surface area contributed by atoms with Crippen LogP contribution in [0.15, 0.2) is 24.3 Å². The summed E-state index contributed by atoms with van der Waals surface area (Å²) in [5, 5.41) is 2.23. The number of nitrogens with one attached hydrogen (secondary N) is 1. The summed E-state index contributed by atoms with van der Waals surface area (Å²) in [6.45, 7) is 1.31. The van der Waals surface area contributed by atoms with Crippen molar-refractivity contribution in [3.8, 4) is 0 Å². The molecule has 0 bridgehead atoms. The highest BCUT2D eigenvalue weighted by atomic mass is 19.4. The number of rotatable bonds is 6. The average Bonchev–Trinajstić information content (AvgIpc) is 2.41. The van der Waals surface area contributed by atoms with Crippen molar-refractivity contribution in [1.29, 1.82) is 0 Å². The number of hydrogen-bond donors (Lipinski definition) is 2. The Kier molecular flexibility index (Phi) is 5.67. The summed E-state index contributed by atoms with van der Waals surface area (Å²) in [7, 11) is 0. The van der Waals surface area contributed by atoms with Crippen LogP contribution in [0.25, 0.3) is 0 Å². The predicted molar refractivity (Wildman–Crippen MR) is 71.8 cm³/mol. The highest BCUT2D eigenvalue weighted by Crippen LogP contribution is 2.29. The van der Waals surface area contributed by atoms with Crippen LogP contribution >= 0.6 is 0 Å². The quantitative estimate of drug-likeness (QED) is 0.836. The van der Waals surface area contributed by atoms with Gasteiger partial charge in [0.15, 0.2) is 0 Å². The van der Waals surface area contributed by atoms with E-state index in [0.29, 0.717) is 6.07 Å². The molecule has 0 spiro atoms. The summed E-state index contributed by atoms with van der Waals surface area (Å²) in [5.74, 6) is -1.92. The second-order valence-corrected chi connectivity index (χ2v) is 4.75. The van der Waals surface area contributed by atoms with Gasteiger partial charge in [0.2, 0.25) is 5.91 Å². The van der Waals surface area contributed by atoms with Crippen LogP contribution in [-0.4, -0.2) is 23.6 Å². The van der Waals surface area contributed by atoms with E-state index in [1.165, 1.54) is 13.0 Å². The minimum absolute atomic E-state index is 0.00460. The molecule has 0 unspecified atom stereocenters. The maximum Gasteiger partial charge on any atom is 0.416 e. The molecular weight excluding hydrogens is 301 g/mol. The molecule has 8 heteroatoms. The average molecular weight is 316 g/mol. The normalized spacial score (nSPS) is 12.5. The first-order valence-corrected chi connectivity index (χ1v) is 6.38. The second-order valence-electron chi connectivity index (χ2n) is 4.75. The van der Waals surface area contributed by atoms with Gasteiger partial charge in [-0.25, -0.2) is 0 Å². The van der Waals surface area contributed by atoms with Crippen LogP contribution in [-0.2, 0) is 15.8 Å². The zero-order valence-electron chi connectivity index (χ0n) is 11.7. The van der Waals surface area contributed by atoms with Crippen LogP contribution < -0.4 is 11.1 Å². The molecule has 0 aliphatic carbocycles. The van der Waals surface area contributed by atoms with Crippen LogP contribution in [0.5, 0.6) is 0 Å². The topological polar surface area (TPSA) is 89.3 Å². The number of primary amides is 1. The summed E-state index contributed by atoms with van der Waals surface area (Å²) in [6.07, 6.45) is -4.56. The van der Waals surface area contributed by atoms with E-state index in [9.17, 15) is 27.6 Å². The fourth-order valence-electron chi connectivity index (χ4n) is 1.71. The molecule has 5 nitrogen and oxygen atoms in total. The molecule has 1 aromatic carbocycles. The van der Waals surface area contributed by atoms with E-state index in [2.05, 4.69) is 5.32 Å². The highest BCUT2D eigenvalue weighted by Gasteiger charge is 2.31. The highest BCUT2D eigenvalue weighted by molar-refractivity contribution is 5.97. The monoisotopic (exact) mass is 316 g/mol. The molecule has 120 valence electrons. The van der Waals surface area contributed by atoms with Gasteiger partial charge in [0.25, 0.3) is 5.91 Å². The Morgan fingerprint density at radius 3 is 2.41 bits per heavy atom. The van der Waals surface area contributed by atoms with Gasteiger partial charge in [0, 0.05) is 12.0 Å². The van der Waals surface area contributed by atoms with E-state index < -0.39 is 29.6 Å². The number of halogens is 3. The third-order valence-corrected chi connectivity index (χ3v) is 2.89. The predicted octanol–water partition coefficient (Wildman–Crippen LogP) is 1.66. The van der Waals surface area contributed by atoms with Crippen molar-refractivity contribution in [3.05, 3.63) is 35.4 Å². The maximum atomic E-state index is 12.6. The summed E-state index contributed by atoms with van der Waals surface area (Å²) in [5.41, 5.74) is 3.88. The molecule has 1 atom stereocenters. The standard InChI is InChI=1S/C14H15F3N2O3/c1-8(20)5-6-11(12(18)21)19-13(22)9-3-2-4-10(7-9)14(15,16)17/h2-4,7,11H,5-6H2,1H3,(H2,18,21)(H,19,22)/t11-/m1/s1. The number of nitrogens with two attached hydrogens (primary N) is 1. The Labute approximate surface area is 124 Å². The van der Waals surface area contributed by atoms with Crippen molar-refractivity contribution in [2.24, 2.45) is 5.73 Å². The molecule has 0 heterocycles. The molecular formula is C14H15F3N2O3. The number of amides is 2. The Morgan fingerprint density at radius 1 is 1.27 bits per heavy atom. The number of ketones is 1. The lowest BCUT2D eigenvalue weighted by atomic mass is 10.1. The van der Waals surface area contributed by atoms with Crippen molar-refractivity contribution in [2.75, 3.05) is 0 Å². The first-order chi connectivity index (χ1) is 10.1. The van der Waals surface area contributed by atoms with Gasteiger partial charge in [-0.05, 0) is 31.5 Å². The molecule has 1 rings (SSSR count). The number of hydrogen-bond acceptors (Lipinski definition) is 3. The van der Waals surface area contributed by atoms with Crippen LogP contribution in [0.4, 0.5) is 13.2 Å². The molecule has 22 heavy (non-hydrogen) atoms. The van der Waals surface area contributed by atoms with Gasteiger partial charge in [-0.2, -0.15) is 13.2 Å². The molecule has 0 saturated carbocycles. The fraction of sp³-hybridized carbons (Fsp3) is 0.357.